The molecule has 3 rings (SSSR count). The zero-order chi connectivity index (χ0) is 22.9. The van der Waals surface area contributed by atoms with E-state index in [1.807, 2.05) is 0 Å². The summed E-state index contributed by atoms with van der Waals surface area (Å²) >= 11 is 11.6. The van der Waals surface area contributed by atoms with Crippen LogP contribution in [-0.4, -0.2) is 14.2 Å². The van der Waals surface area contributed by atoms with E-state index in [2.05, 4.69) is 13.2 Å². The number of benzene rings is 2. The SMILES string of the molecule is C=C(Cc1ccc(F)c(Cl)c1)n1c(O)cc(=O)n(C(=C)Cc2ccc(F)c(Cl)c2)c1=O. The van der Waals surface area contributed by atoms with Crippen LogP contribution in [0.25, 0.3) is 11.4 Å². The molecule has 1 aromatic heterocycles. The van der Waals surface area contributed by atoms with Crippen molar-refractivity contribution in [1.82, 2.24) is 9.13 Å². The van der Waals surface area contributed by atoms with Crippen molar-refractivity contribution < 1.29 is 13.9 Å². The Morgan fingerprint density at radius 1 is 0.839 bits per heavy atom. The zero-order valence-corrected chi connectivity index (χ0v) is 17.6. The highest BCUT2D eigenvalue weighted by Gasteiger charge is 2.16. The van der Waals surface area contributed by atoms with Crippen LogP contribution in [0.5, 0.6) is 5.88 Å². The number of allylic oxidation sites excluding steroid dienone is 2. The molecule has 1 N–H and O–H groups in total. The van der Waals surface area contributed by atoms with Gasteiger partial charge in [-0.25, -0.2) is 22.7 Å². The molecule has 0 saturated heterocycles. The third-order valence-corrected chi connectivity index (χ3v) is 5.08. The van der Waals surface area contributed by atoms with Gasteiger partial charge in [0.05, 0.1) is 16.1 Å². The summed E-state index contributed by atoms with van der Waals surface area (Å²) in [6.07, 6.45) is 0.0751. The van der Waals surface area contributed by atoms with Crippen molar-refractivity contribution in [3.63, 3.8) is 0 Å². The number of aromatic hydroxyl groups is 1. The fraction of sp³-hybridized carbons (Fsp3) is 0.0909. The molecular formula is C22H16Cl2F2N2O3. The molecule has 9 heteroatoms. The van der Waals surface area contributed by atoms with E-state index >= 15 is 0 Å². The fourth-order valence-corrected chi connectivity index (χ4v) is 3.45. The maximum Gasteiger partial charge on any atom is 0.342 e. The predicted octanol–water partition coefficient (Wildman–Crippen LogP) is 4.73. The lowest BCUT2D eigenvalue weighted by molar-refractivity contribution is 0.429. The number of rotatable bonds is 6. The van der Waals surface area contributed by atoms with Gasteiger partial charge in [-0.05, 0) is 35.4 Å². The minimum atomic E-state index is -0.888. The van der Waals surface area contributed by atoms with Crippen molar-refractivity contribution in [2.24, 2.45) is 0 Å². The van der Waals surface area contributed by atoms with E-state index < -0.39 is 28.8 Å². The molecule has 0 saturated carbocycles. The van der Waals surface area contributed by atoms with Crippen molar-refractivity contribution >= 4 is 34.6 Å². The van der Waals surface area contributed by atoms with E-state index in [9.17, 15) is 23.5 Å². The summed E-state index contributed by atoms with van der Waals surface area (Å²) in [6.45, 7) is 7.56. The van der Waals surface area contributed by atoms with E-state index in [0.717, 1.165) is 15.2 Å². The van der Waals surface area contributed by atoms with Gasteiger partial charge in [-0.2, -0.15) is 0 Å². The van der Waals surface area contributed by atoms with Crippen molar-refractivity contribution in [1.29, 1.82) is 0 Å². The summed E-state index contributed by atoms with van der Waals surface area (Å²) in [6, 6.07) is 8.84. The van der Waals surface area contributed by atoms with Crippen LogP contribution < -0.4 is 11.2 Å². The first-order valence-corrected chi connectivity index (χ1v) is 9.66. The second kappa shape index (κ2) is 8.91. The predicted molar refractivity (Wildman–Crippen MR) is 118 cm³/mol. The highest BCUT2D eigenvalue weighted by molar-refractivity contribution is 6.31. The smallest absolute Gasteiger partial charge is 0.342 e. The highest BCUT2D eigenvalue weighted by Crippen LogP contribution is 2.21. The molecule has 31 heavy (non-hydrogen) atoms. The van der Waals surface area contributed by atoms with E-state index in [4.69, 9.17) is 23.2 Å². The summed E-state index contributed by atoms with van der Waals surface area (Å²) in [7, 11) is 0. The van der Waals surface area contributed by atoms with Crippen LogP contribution in [-0.2, 0) is 12.8 Å². The monoisotopic (exact) mass is 464 g/mol. The first-order chi connectivity index (χ1) is 14.6. The van der Waals surface area contributed by atoms with Crippen LogP contribution in [0.3, 0.4) is 0 Å². The number of aromatic nitrogens is 2. The van der Waals surface area contributed by atoms with Gasteiger partial charge in [-0.1, -0.05) is 48.5 Å². The van der Waals surface area contributed by atoms with E-state index in [1.165, 1.54) is 36.4 Å². The molecule has 0 radical (unpaired) electrons. The number of halogens is 4. The van der Waals surface area contributed by atoms with Crippen molar-refractivity contribution in [3.8, 4) is 5.88 Å². The maximum absolute atomic E-state index is 13.4. The molecule has 0 fully saturated rings. The van der Waals surface area contributed by atoms with E-state index in [-0.39, 0.29) is 34.3 Å². The Kier molecular flexibility index (Phi) is 6.48. The summed E-state index contributed by atoms with van der Waals surface area (Å²) < 4.78 is 28.4. The van der Waals surface area contributed by atoms with Crippen molar-refractivity contribution in [2.45, 2.75) is 12.8 Å². The van der Waals surface area contributed by atoms with Gasteiger partial charge in [-0.3, -0.25) is 4.79 Å². The average Bonchev–Trinajstić information content (AvgIpc) is 2.67. The minimum Gasteiger partial charge on any atom is -0.494 e. The van der Waals surface area contributed by atoms with Crippen molar-refractivity contribution in [2.75, 3.05) is 0 Å². The molecule has 0 aliphatic heterocycles. The van der Waals surface area contributed by atoms with Crippen LogP contribution >= 0.6 is 23.2 Å². The lowest BCUT2D eigenvalue weighted by atomic mass is 10.1. The molecule has 1 heterocycles. The Morgan fingerprint density at radius 3 is 1.74 bits per heavy atom. The molecule has 2 aromatic carbocycles. The Balaban J connectivity index is 1.96. The molecule has 0 bridgehead atoms. The molecule has 5 nitrogen and oxygen atoms in total. The first-order valence-electron chi connectivity index (χ1n) is 8.90. The molecule has 0 aliphatic rings. The fourth-order valence-electron chi connectivity index (χ4n) is 3.05. The second-order valence-corrected chi connectivity index (χ2v) is 7.59. The lowest BCUT2D eigenvalue weighted by Gasteiger charge is -2.15. The maximum atomic E-state index is 13.4. The normalized spacial score (nSPS) is 10.8. The number of hydrogen-bond donors (Lipinski definition) is 1. The number of nitrogens with zero attached hydrogens (tertiary/aromatic N) is 2. The molecule has 0 amide bonds. The quantitative estimate of drug-likeness (QED) is 0.573. The van der Waals surface area contributed by atoms with E-state index in [1.54, 1.807) is 0 Å². The van der Waals surface area contributed by atoms with Gasteiger partial charge in [0.1, 0.15) is 11.6 Å². The Labute approximate surface area is 185 Å². The highest BCUT2D eigenvalue weighted by atomic mass is 35.5. The van der Waals surface area contributed by atoms with Crippen LogP contribution in [0.1, 0.15) is 11.1 Å². The van der Waals surface area contributed by atoms with Gasteiger partial charge in [0.25, 0.3) is 5.56 Å². The lowest BCUT2D eigenvalue weighted by Crippen LogP contribution is -2.38. The molecule has 0 aliphatic carbocycles. The second-order valence-electron chi connectivity index (χ2n) is 6.78. The van der Waals surface area contributed by atoms with Gasteiger partial charge >= 0.3 is 5.69 Å². The third kappa shape index (κ3) is 4.78. The molecule has 0 unspecified atom stereocenters. The Bertz CT molecular complexity index is 1330. The summed E-state index contributed by atoms with van der Waals surface area (Å²) in [5, 5.41) is 9.99. The average molecular weight is 465 g/mol. The molecule has 0 spiro atoms. The van der Waals surface area contributed by atoms with Gasteiger partial charge in [0.2, 0.25) is 5.88 Å². The standard InChI is InChI=1S/C22H16Cl2F2N2O3/c1-12(7-14-3-5-18(25)16(23)9-14)27-20(29)11-21(30)28(22(27)31)13(2)8-15-4-6-19(26)17(24)10-15/h3-6,9-11,29H,1-2,7-8H2. The van der Waals surface area contributed by atoms with Gasteiger partial charge in [0, 0.05) is 24.2 Å². The Morgan fingerprint density at radius 2 is 1.29 bits per heavy atom. The molecule has 160 valence electrons. The summed E-state index contributed by atoms with van der Waals surface area (Å²) in [4.78, 5) is 25.4. The molecular weight excluding hydrogens is 449 g/mol. The van der Waals surface area contributed by atoms with Crippen LogP contribution in [0.2, 0.25) is 10.0 Å². The largest absolute Gasteiger partial charge is 0.494 e. The summed E-state index contributed by atoms with van der Waals surface area (Å²) in [5.41, 5.74) is -0.404. The first kappa shape index (κ1) is 22.5. The topological polar surface area (TPSA) is 64.2 Å². The molecule has 3 aromatic rings. The van der Waals surface area contributed by atoms with E-state index in [0.29, 0.717) is 11.1 Å². The zero-order valence-electron chi connectivity index (χ0n) is 16.0. The Hall–Kier alpha value is -3.16. The molecule has 0 atom stereocenters. The van der Waals surface area contributed by atoms with Crippen LogP contribution in [0.15, 0.2) is 65.2 Å². The van der Waals surface area contributed by atoms with Crippen LogP contribution in [0, 0.1) is 11.6 Å². The van der Waals surface area contributed by atoms with Crippen LogP contribution in [0.4, 0.5) is 8.78 Å². The minimum absolute atomic E-state index is 0.0277. The van der Waals surface area contributed by atoms with Gasteiger partial charge < -0.3 is 5.11 Å². The van der Waals surface area contributed by atoms with Gasteiger partial charge in [0.15, 0.2) is 0 Å². The van der Waals surface area contributed by atoms with Gasteiger partial charge in [-0.15, -0.1) is 0 Å². The third-order valence-electron chi connectivity index (χ3n) is 4.50. The number of hydrogen-bond acceptors (Lipinski definition) is 3. The summed E-state index contributed by atoms with van der Waals surface area (Å²) in [5.74, 6) is -1.80. The van der Waals surface area contributed by atoms with Crippen molar-refractivity contribution in [3.05, 3.63) is 109 Å².